The zero-order valence-corrected chi connectivity index (χ0v) is 18.1. The molecule has 0 aliphatic carbocycles. The molecule has 1 aliphatic heterocycles. The smallest absolute Gasteiger partial charge is 0.336 e. The van der Waals surface area contributed by atoms with Gasteiger partial charge in [0.2, 0.25) is 0 Å². The van der Waals surface area contributed by atoms with E-state index in [0.717, 1.165) is 38.2 Å². The van der Waals surface area contributed by atoms with Gasteiger partial charge in [-0.3, -0.25) is 0 Å². The van der Waals surface area contributed by atoms with Gasteiger partial charge in [-0.15, -0.1) is 5.10 Å². The number of benzene rings is 1. The van der Waals surface area contributed by atoms with Crippen molar-refractivity contribution in [2.24, 2.45) is 0 Å². The molecule has 1 saturated heterocycles. The predicted octanol–water partition coefficient (Wildman–Crippen LogP) is 2.58. The average Bonchev–Trinajstić information content (AvgIpc) is 3.11. The van der Waals surface area contributed by atoms with Crippen LogP contribution in [0.4, 0.5) is 11.5 Å². The second-order valence-electron chi connectivity index (χ2n) is 8.07. The van der Waals surface area contributed by atoms with Crippen LogP contribution in [0.15, 0.2) is 24.4 Å². The molecule has 1 aromatic carbocycles. The van der Waals surface area contributed by atoms with Crippen molar-refractivity contribution in [2.45, 2.75) is 46.1 Å². The Bertz CT molecular complexity index is 1020. The van der Waals surface area contributed by atoms with Gasteiger partial charge in [-0.2, -0.15) is 4.98 Å². The Labute approximate surface area is 177 Å². The molecule has 1 atom stereocenters. The van der Waals surface area contributed by atoms with Gasteiger partial charge >= 0.3 is 6.01 Å². The molecule has 8 nitrogen and oxygen atoms in total. The fraction of sp³-hybridized carbons (Fsp3) is 0.500. The Kier molecular flexibility index (Phi) is 6.03. The third-order valence-corrected chi connectivity index (χ3v) is 5.52. The third-order valence-electron chi connectivity index (χ3n) is 5.52. The molecule has 8 heteroatoms. The Morgan fingerprint density at radius 1 is 1.33 bits per heavy atom. The van der Waals surface area contributed by atoms with E-state index in [2.05, 4.69) is 64.3 Å². The first-order chi connectivity index (χ1) is 14.5. The van der Waals surface area contributed by atoms with Crippen molar-refractivity contribution in [1.82, 2.24) is 24.9 Å². The molecular weight excluding hydrogens is 378 g/mol. The highest BCUT2D eigenvalue weighted by molar-refractivity contribution is 5.60. The molecule has 2 aromatic heterocycles. The predicted molar refractivity (Wildman–Crippen MR) is 119 cm³/mol. The average molecular weight is 410 g/mol. The van der Waals surface area contributed by atoms with Crippen LogP contribution in [0.3, 0.4) is 0 Å². The largest absolute Gasteiger partial charge is 0.462 e. The number of imidazole rings is 1. The van der Waals surface area contributed by atoms with Gasteiger partial charge in [0.1, 0.15) is 0 Å². The van der Waals surface area contributed by atoms with Crippen LogP contribution < -0.4 is 20.7 Å². The van der Waals surface area contributed by atoms with Crippen LogP contribution in [0.1, 0.15) is 43.5 Å². The second-order valence-corrected chi connectivity index (χ2v) is 8.07. The lowest BCUT2D eigenvalue weighted by atomic mass is 10.0. The minimum atomic E-state index is 0.298. The third kappa shape index (κ3) is 4.33. The molecule has 0 spiro atoms. The number of fused-ring (bicyclic) bond motifs is 1. The molecular formula is C22H31N7O. The molecule has 1 aliphatic rings. The van der Waals surface area contributed by atoms with Crippen molar-refractivity contribution in [3.8, 4) is 6.01 Å². The van der Waals surface area contributed by atoms with Crippen molar-refractivity contribution < 1.29 is 4.74 Å². The van der Waals surface area contributed by atoms with E-state index in [-0.39, 0.29) is 0 Å². The highest BCUT2D eigenvalue weighted by Gasteiger charge is 2.18. The highest BCUT2D eigenvalue weighted by Crippen LogP contribution is 2.24. The van der Waals surface area contributed by atoms with Crippen LogP contribution >= 0.6 is 0 Å². The van der Waals surface area contributed by atoms with Crippen molar-refractivity contribution in [3.63, 3.8) is 0 Å². The summed E-state index contributed by atoms with van der Waals surface area (Å²) >= 11 is 0. The Morgan fingerprint density at radius 2 is 2.20 bits per heavy atom. The maximum Gasteiger partial charge on any atom is 0.336 e. The molecule has 3 aromatic rings. The number of piperazine rings is 1. The molecule has 0 saturated carbocycles. The van der Waals surface area contributed by atoms with Crippen molar-refractivity contribution >= 4 is 17.2 Å². The number of nitrogen functional groups attached to an aromatic ring is 1. The fourth-order valence-electron chi connectivity index (χ4n) is 3.96. The molecule has 1 fully saturated rings. The number of anilines is 2. The summed E-state index contributed by atoms with van der Waals surface area (Å²) in [5.74, 6) is 0.335. The number of aryl methyl sites for hydroxylation is 1. The van der Waals surface area contributed by atoms with Crippen LogP contribution in [0, 0.1) is 6.92 Å². The Hall–Kier alpha value is -2.87. The number of nitrogens with one attached hydrogen (secondary N) is 1. The quantitative estimate of drug-likeness (QED) is 0.579. The zero-order valence-electron chi connectivity index (χ0n) is 18.1. The van der Waals surface area contributed by atoms with E-state index in [0.29, 0.717) is 36.5 Å². The van der Waals surface area contributed by atoms with Crippen molar-refractivity contribution in [2.75, 3.05) is 36.9 Å². The van der Waals surface area contributed by atoms with E-state index in [1.807, 2.05) is 6.20 Å². The molecule has 0 bridgehead atoms. The molecule has 0 unspecified atom stereocenters. The minimum absolute atomic E-state index is 0.298. The van der Waals surface area contributed by atoms with E-state index >= 15 is 0 Å². The van der Waals surface area contributed by atoms with E-state index < -0.39 is 0 Å². The van der Waals surface area contributed by atoms with E-state index in [1.54, 1.807) is 4.52 Å². The lowest BCUT2D eigenvalue weighted by molar-refractivity contribution is 0.280. The van der Waals surface area contributed by atoms with Crippen molar-refractivity contribution in [3.05, 3.63) is 41.2 Å². The molecule has 0 radical (unpaired) electrons. The second kappa shape index (κ2) is 8.87. The van der Waals surface area contributed by atoms with Crippen LogP contribution in [0.25, 0.3) is 5.65 Å². The number of hydrogen-bond donors (Lipinski definition) is 2. The van der Waals surface area contributed by atoms with Gasteiger partial charge in [-0.25, -0.2) is 9.50 Å². The summed E-state index contributed by atoms with van der Waals surface area (Å²) in [6.45, 7) is 10.2. The van der Waals surface area contributed by atoms with Crippen LogP contribution in [-0.4, -0.2) is 51.9 Å². The molecule has 0 amide bonds. The number of nitrogens with zero attached hydrogens (tertiary/aromatic N) is 5. The van der Waals surface area contributed by atoms with E-state index in [4.69, 9.17) is 10.5 Å². The maximum atomic E-state index is 6.08. The van der Waals surface area contributed by atoms with Gasteiger partial charge in [0.05, 0.1) is 18.5 Å². The first-order valence-electron chi connectivity index (χ1n) is 10.8. The number of aromatic nitrogens is 4. The first kappa shape index (κ1) is 20.4. The zero-order chi connectivity index (χ0) is 21.1. The monoisotopic (exact) mass is 409 g/mol. The highest BCUT2D eigenvalue weighted by atomic mass is 16.5. The van der Waals surface area contributed by atoms with Crippen LogP contribution in [0.2, 0.25) is 0 Å². The van der Waals surface area contributed by atoms with Gasteiger partial charge < -0.3 is 20.7 Å². The molecule has 3 N–H and O–H groups in total. The van der Waals surface area contributed by atoms with Gasteiger partial charge in [0.15, 0.2) is 11.5 Å². The minimum Gasteiger partial charge on any atom is -0.462 e. The standard InChI is InChI=1S/C22H31N7O/c1-4-5-10-30-22-26-20(23)21-25-13-18(29(21)27-22)12-17-6-7-19(15(2)11-17)28-9-8-24-16(3)14-28/h6-7,11,13,16,24H,4-5,8-10,12,14H2,1-3H3,(H2,23,26,27)/t16-/m1/s1. The molecule has 4 rings (SSSR count). The van der Waals surface area contributed by atoms with Gasteiger partial charge in [0.25, 0.3) is 0 Å². The normalized spacial score (nSPS) is 16.9. The van der Waals surface area contributed by atoms with Gasteiger partial charge in [-0.1, -0.05) is 25.5 Å². The fourth-order valence-corrected chi connectivity index (χ4v) is 3.96. The SMILES string of the molecule is CCCCOc1nc(N)c2ncc(Cc3ccc(N4CCN[C@H](C)C4)c(C)c3)n2n1. The van der Waals surface area contributed by atoms with E-state index in [9.17, 15) is 0 Å². The van der Waals surface area contributed by atoms with Crippen LogP contribution in [0.5, 0.6) is 6.01 Å². The lowest BCUT2D eigenvalue weighted by Gasteiger charge is -2.34. The summed E-state index contributed by atoms with van der Waals surface area (Å²) in [4.78, 5) is 11.1. The van der Waals surface area contributed by atoms with Crippen molar-refractivity contribution in [1.29, 1.82) is 0 Å². The van der Waals surface area contributed by atoms with Gasteiger partial charge in [-0.05, 0) is 37.5 Å². The number of rotatable bonds is 7. The van der Waals surface area contributed by atoms with E-state index in [1.165, 1.54) is 16.8 Å². The summed E-state index contributed by atoms with van der Waals surface area (Å²) in [6.07, 6.45) is 4.54. The summed E-state index contributed by atoms with van der Waals surface area (Å²) < 4.78 is 7.41. The summed E-state index contributed by atoms with van der Waals surface area (Å²) in [5, 5.41) is 8.01. The Morgan fingerprint density at radius 3 is 2.97 bits per heavy atom. The van der Waals surface area contributed by atoms with Crippen LogP contribution in [-0.2, 0) is 6.42 Å². The Balaban J connectivity index is 1.55. The topological polar surface area (TPSA) is 93.6 Å². The number of ether oxygens (including phenoxy) is 1. The first-order valence-corrected chi connectivity index (χ1v) is 10.8. The number of hydrogen-bond acceptors (Lipinski definition) is 7. The molecule has 3 heterocycles. The number of unbranched alkanes of at least 4 members (excludes halogenated alkanes) is 1. The molecule has 30 heavy (non-hydrogen) atoms. The number of nitrogens with two attached hydrogens (primary N) is 1. The summed E-state index contributed by atoms with van der Waals surface area (Å²) in [7, 11) is 0. The summed E-state index contributed by atoms with van der Waals surface area (Å²) in [5.41, 5.74) is 11.4. The summed E-state index contributed by atoms with van der Waals surface area (Å²) in [6, 6.07) is 7.48. The maximum absolute atomic E-state index is 6.08. The van der Waals surface area contributed by atoms with Gasteiger partial charge in [0, 0.05) is 37.8 Å². The lowest BCUT2D eigenvalue weighted by Crippen LogP contribution is -2.49. The molecule has 160 valence electrons.